The number of hydrogen-bond donors (Lipinski definition) is 1. The van der Waals surface area contributed by atoms with Crippen molar-refractivity contribution in [3.8, 4) is 5.69 Å². The van der Waals surface area contributed by atoms with Crippen LogP contribution in [0.25, 0.3) is 5.69 Å². The quantitative estimate of drug-likeness (QED) is 0.671. The normalized spacial score (nSPS) is 9.85. The van der Waals surface area contributed by atoms with Gasteiger partial charge in [0.2, 0.25) is 0 Å². The minimum Gasteiger partial charge on any atom is -0.323 e. The first-order valence-corrected chi connectivity index (χ1v) is 4.14. The molecule has 2 aromatic rings. The van der Waals surface area contributed by atoms with Crippen LogP contribution in [0.3, 0.4) is 0 Å². The van der Waals surface area contributed by atoms with Crippen LogP contribution in [0.15, 0.2) is 48.8 Å². The van der Waals surface area contributed by atoms with E-state index in [4.69, 9.17) is 5.41 Å². The number of aromatic nitrogens is 1. The SMILES string of the molecule is N=Cc1ccn(-c2ccccc2)c1. The van der Waals surface area contributed by atoms with Gasteiger partial charge in [-0.25, -0.2) is 0 Å². The van der Waals surface area contributed by atoms with E-state index in [2.05, 4.69) is 0 Å². The molecule has 0 saturated heterocycles. The van der Waals surface area contributed by atoms with Gasteiger partial charge in [0, 0.05) is 29.9 Å². The molecule has 64 valence electrons. The molecule has 0 atom stereocenters. The molecule has 1 aromatic carbocycles. The van der Waals surface area contributed by atoms with Crippen molar-refractivity contribution < 1.29 is 0 Å². The highest BCUT2D eigenvalue weighted by atomic mass is 14.9. The molecule has 0 bridgehead atoms. The number of benzene rings is 1. The number of hydrogen-bond acceptors (Lipinski definition) is 1. The second-order valence-corrected chi connectivity index (χ2v) is 2.83. The lowest BCUT2D eigenvalue weighted by Crippen LogP contribution is -1.87. The summed E-state index contributed by atoms with van der Waals surface area (Å²) in [6, 6.07) is 12.0. The maximum atomic E-state index is 7.08. The molecule has 0 radical (unpaired) electrons. The Balaban J connectivity index is 2.41. The lowest BCUT2D eigenvalue weighted by atomic mass is 10.3. The predicted molar refractivity (Wildman–Crippen MR) is 53.7 cm³/mol. The van der Waals surface area contributed by atoms with Gasteiger partial charge in [-0.1, -0.05) is 18.2 Å². The fourth-order valence-corrected chi connectivity index (χ4v) is 1.26. The second-order valence-electron chi connectivity index (χ2n) is 2.83. The summed E-state index contributed by atoms with van der Waals surface area (Å²) in [5.41, 5.74) is 2.04. The van der Waals surface area contributed by atoms with E-state index in [9.17, 15) is 0 Å². The molecule has 2 nitrogen and oxygen atoms in total. The van der Waals surface area contributed by atoms with Gasteiger partial charge < -0.3 is 9.98 Å². The highest BCUT2D eigenvalue weighted by molar-refractivity contribution is 5.76. The van der Waals surface area contributed by atoms with E-state index in [1.807, 2.05) is 53.4 Å². The first-order chi connectivity index (χ1) is 6.40. The van der Waals surface area contributed by atoms with Crippen molar-refractivity contribution in [3.05, 3.63) is 54.4 Å². The topological polar surface area (TPSA) is 28.8 Å². The van der Waals surface area contributed by atoms with Gasteiger partial charge >= 0.3 is 0 Å². The van der Waals surface area contributed by atoms with Gasteiger partial charge in [-0.2, -0.15) is 0 Å². The molecule has 2 heteroatoms. The first-order valence-electron chi connectivity index (χ1n) is 4.14. The van der Waals surface area contributed by atoms with E-state index >= 15 is 0 Å². The van der Waals surface area contributed by atoms with Crippen LogP contribution in [0.1, 0.15) is 5.56 Å². The summed E-state index contributed by atoms with van der Waals surface area (Å²) < 4.78 is 2.00. The largest absolute Gasteiger partial charge is 0.323 e. The van der Waals surface area contributed by atoms with Crippen molar-refractivity contribution in [1.82, 2.24) is 4.57 Å². The molecule has 0 aliphatic rings. The van der Waals surface area contributed by atoms with Crippen LogP contribution in [-0.4, -0.2) is 10.8 Å². The Labute approximate surface area is 77.0 Å². The average Bonchev–Trinajstić information content (AvgIpc) is 2.67. The fourth-order valence-electron chi connectivity index (χ4n) is 1.26. The van der Waals surface area contributed by atoms with Crippen LogP contribution >= 0.6 is 0 Å². The lowest BCUT2D eigenvalue weighted by molar-refractivity contribution is 1.08. The Bertz CT molecular complexity index is 401. The summed E-state index contributed by atoms with van der Waals surface area (Å²) in [6.07, 6.45) is 5.23. The third kappa shape index (κ3) is 1.51. The second kappa shape index (κ2) is 3.27. The maximum Gasteiger partial charge on any atom is 0.0449 e. The van der Waals surface area contributed by atoms with Crippen molar-refractivity contribution in [2.24, 2.45) is 0 Å². The van der Waals surface area contributed by atoms with Crippen LogP contribution in [0, 0.1) is 5.41 Å². The van der Waals surface area contributed by atoms with Crippen LogP contribution in [0.5, 0.6) is 0 Å². The molecule has 2 rings (SSSR count). The van der Waals surface area contributed by atoms with Crippen LogP contribution in [0.2, 0.25) is 0 Å². The molecule has 0 amide bonds. The van der Waals surface area contributed by atoms with Crippen LogP contribution in [0.4, 0.5) is 0 Å². The summed E-state index contributed by atoms with van der Waals surface area (Å²) in [5, 5.41) is 7.08. The number of nitrogens with zero attached hydrogens (tertiary/aromatic N) is 1. The highest BCUT2D eigenvalue weighted by Gasteiger charge is 1.94. The van der Waals surface area contributed by atoms with E-state index in [1.165, 1.54) is 6.21 Å². The zero-order valence-electron chi connectivity index (χ0n) is 7.14. The number of nitrogens with one attached hydrogen (secondary N) is 1. The Kier molecular flexibility index (Phi) is 1.96. The smallest absolute Gasteiger partial charge is 0.0449 e. The summed E-state index contributed by atoms with van der Waals surface area (Å²) in [7, 11) is 0. The molecule has 0 unspecified atom stereocenters. The molecule has 0 spiro atoms. The van der Waals surface area contributed by atoms with E-state index in [1.54, 1.807) is 0 Å². The average molecular weight is 170 g/mol. The predicted octanol–water partition coefficient (Wildman–Crippen LogP) is 2.47. The molecule has 0 aliphatic heterocycles. The molecule has 13 heavy (non-hydrogen) atoms. The third-order valence-corrected chi connectivity index (χ3v) is 1.94. The summed E-state index contributed by atoms with van der Waals surface area (Å²) >= 11 is 0. The zero-order valence-corrected chi connectivity index (χ0v) is 7.14. The molecule has 0 saturated carbocycles. The van der Waals surface area contributed by atoms with E-state index in [0.717, 1.165) is 11.3 Å². The van der Waals surface area contributed by atoms with Gasteiger partial charge in [0.25, 0.3) is 0 Å². The molecule has 0 aliphatic carbocycles. The van der Waals surface area contributed by atoms with Gasteiger partial charge in [-0.05, 0) is 18.2 Å². The van der Waals surface area contributed by atoms with Gasteiger partial charge in [-0.15, -0.1) is 0 Å². The van der Waals surface area contributed by atoms with Gasteiger partial charge in [0.1, 0.15) is 0 Å². The number of rotatable bonds is 2. The first kappa shape index (κ1) is 7.80. The molecule has 1 N–H and O–H groups in total. The molecular formula is C11H10N2. The molecule has 1 heterocycles. The molecule has 0 fully saturated rings. The molecular weight excluding hydrogens is 160 g/mol. The summed E-state index contributed by atoms with van der Waals surface area (Å²) in [4.78, 5) is 0. The van der Waals surface area contributed by atoms with Gasteiger partial charge in [0.15, 0.2) is 0 Å². The van der Waals surface area contributed by atoms with Crippen molar-refractivity contribution in [2.75, 3.05) is 0 Å². The van der Waals surface area contributed by atoms with Crippen molar-refractivity contribution in [1.29, 1.82) is 5.41 Å². The minimum atomic E-state index is 0.920. The monoisotopic (exact) mass is 170 g/mol. The Morgan fingerprint density at radius 1 is 1.08 bits per heavy atom. The van der Waals surface area contributed by atoms with Crippen LogP contribution < -0.4 is 0 Å². The van der Waals surface area contributed by atoms with Gasteiger partial charge in [-0.3, -0.25) is 0 Å². The van der Waals surface area contributed by atoms with E-state index in [-0.39, 0.29) is 0 Å². The summed E-state index contributed by atoms with van der Waals surface area (Å²) in [6.45, 7) is 0. The summed E-state index contributed by atoms with van der Waals surface area (Å²) in [5.74, 6) is 0. The van der Waals surface area contributed by atoms with E-state index in [0.29, 0.717) is 0 Å². The lowest BCUT2D eigenvalue weighted by Gasteiger charge is -2.00. The third-order valence-electron chi connectivity index (χ3n) is 1.94. The van der Waals surface area contributed by atoms with Crippen molar-refractivity contribution >= 4 is 6.21 Å². The van der Waals surface area contributed by atoms with Crippen LogP contribution in [-0.2, 0) is 0 Å². The van der Waals surface area contributed by atoms with Gasteiger partial charge in [0.05, 0.1) is 0 Å². The van der Waals surface area contributed by atoms with Crippen molar-refractivity contribution in [3.63, 3.8) is 0 Å². The Morgan fingerprint density at radius 3 is 2.46 bits per heavy atom. The fraction of sp³-hybridized carbons (Fsp3) is 0. The maximum absolute atomic E-state index is 7.08. The standard InChI is InChI=1S/C11H10N2/c12-8-10-6-7-13(9-10)11-4-2-1-3-5-11/h1-9,12H. The number of para-hydroxylation sites is 1. The van der Waals surface area contributed by atoms with Crippen molar-refractivity contribution in [2.45, 2.75) is 0 Å². The van der Waals surface area contributed by atoms with E-state index < -0.39 is 0 Å². The Hall–Kier alpha value is -1.83. The Morgan fingerprint density at radius 2 is 1.85 bits per heavy atom. The molecule has 1 aromatic heterocycles. The zero-order chi connectivity index (χ0) is 9.10. The highest BCUT2D eigenvalue weighted by Crippen LogP contribution is 2.08. The minimum absolute atomic E-state index is 0.920.